The molecule has 5 nitrogen and oxygen atoms in total. The van der Waals surface area contributed by atoms with Gasteiger partial charge in [-0.25, -0.2) is 4.79 Å². The van der Waals surface area contributed by atoms with Crippen LogP contribution in [0.25, 0.3) is 10.9 Å². The Morgan fingerprint density at radius 1 is 1.12 bits per heavy atom. The molecule has 0 saturated carbocycles. The van der Waals surface area contributed by atoms with Gasteiger partial charge in [-0.1, -0.05) is 55.0 Å². The fraction of sp³-hybridized carbons (Fsp3) is 0.238. The molecular weight excluding hydrogens is 328 g/mol. The second-order valence-corrected chi connectivity index (χ2v) is 6.29. The lowest BCUT2D eigenvalue weighted by Crippen LogP contribution is -2.32. The molecule has 2 aromatic carbocycles. The maximum Gasteiger partial charge on any atom is 0.355 e. The van der Waals surface area contributed by atoms with E-state index >= 15 is 0 Å². The highest BCUT2D eigenvalue weighted by Crippen LogP contribution is 2.17. The van der Waals surface area contributed by atoms with Crippen molar-refractivity contribution < 1.29 is 14.3 Å². The zero-order chi connectivity index (χ0) is 18.5. The molecule has 0 fully saturated rings. The number of nitrogens with one attached hydrogen (secondary N) is 2. The molecule has 0 unspecified atom stereocenters. The number of amides is 1. The summed E-state index contributed by atoms with van der Waals surface area (Å²) in [5.74, 6) is -0.860. The van der Waals surface area contributed by atoms with E-state index in [0.717, 1.165) is 22.9 Å². The van der Waals surface area contributed by atoms with Crippen LogP contribution in [0.4, 0.5) is 0 Å². The Morgan fingerprint density at radius 2 is 1.85 bits per heavy atom. The van der Waals surface area contributed by atoms with Gasteiger partial charge >= 0.3 is 5.97 Å². The van der Waals surface area contributed by atoms with E-state index in [1.165, 1.54) is 5.56 Å². The Hall–Kier alpha value is -3.08. The quantitative estimate of drug-likeness (QED) is 0.662. The fourth-order valence-corrected chi connectivity index (χ4v) is 2.85. The van der Waals surface area contributed by atoms with E-state index in [1.807, 2.05) is 62.4 Å². The molecule has 0 aliphatic rings. The van der Waals surface area contributed by atoms with Gasteiger partial charge in [0.15, 0.2) is 6.61 Å². The van der Waals surface area contributed by atoms with Crippen LogP contribution >= 0.6 is 0 Å². The highest BCUT2D eigenvalue weighted by Gasteiger charge is 2.16. The number of hydrogen-bond donors (Lipinski definition) is 2. The van der Waals surface area contributed by atoms with Crippen LogP contribution in [0.3, 0.4) is 0 Å². The van der Waals surface area contributed by atoms with E-state index in [1.54, 1.807) is 6.07 Å². The lowest BCUT2D eigenvalue weighted by Gasteiger charge is -2.17. The van der Waals surface area contributed by atoms with Crippen LogP contribution in [0, 0.1) is 6.92 Å². The number of benzene rings is 2. The SMILES string of the molecule is CC[C@@H](NC(=O)COC(=O)c1cc2ccccc2[nH]1)c1ccc(C)cc1. The molecule has 0 aliphatic heterocycles. The van der Waals surface area contributed by atoms with Gasteiger partial charge in [0.05, 0.1) is 6.04 Å². The van der Waals surface area contributed by atoms with Gasteiger partial charge in [0.25, 0.3) is 5.91 Å². The molecule has 0 spiro atoms. The Morgan fingerprint density at radius 3 is 2.54 bits per heavy atom. The first-order valence-electron chi connectivity index (χ1n) is 8.67. The Kier molecular flexibility index (Phi) is 5.37. The number of rotatable bonds is 6. The van der Waals surface area contributed by atoms with Gasteiger partial charge in [-0.3, -0.25) is 4.79 Å². The number of ether oxygens (including phenoxy) is 1. The number of carbonyl (C=O) groups is 2. The Bertz CT molecular complexity index is 879. The first-order chi connectivity index (χ1) is 12.6. The number of aryl methyl sites for hydroxylation is 1. The molecule has 1 atom stereocenters. The van der Waals surface area contributed by atoms with Crippen LogP contribution in [0.15, 0.2) is 54.6 Å². The molecule has 0 radical (unpaired) electrons. The van der Waals surface area contributed by atoms with E-state index in [4.69, 9.17) is 4.74 Å². The molecule has 0 aliphatic carbocycles. The second-order valence-electron chi connectivity index (χ2n) is 6.29. The first kappa shape index (κ1) is 17.7. The summed E-state index contributed by atoms with van der Waals surface area (Å²) in [6.07, 6.45) is 0.755. The van der Waals surface area contributed by atoms with Crippen molar-refractivity contribution in [3.8, 4) is 0 Å². The van der Waals surface area contributed by atoms with Gasteiger partial charge in [-0.2, -0.15) is 0 Å². The number of aromatic amines is 1. The molecule has 3 rings (SSSR count). The molecule has 0 bridgehead atoms. The predicted octanol–water partition coefficient (Wildman–Crippen LogP) is 3.90. The minimum absolute atomic E-state index is 0.102. The first-order valence-corrected chi connectivity index (χ1v) is 8.67. The molecule has 26 heavy (non-hydrogen) atoms. The summed E-state index contributed by atoms with van der Waals surface area (Å²) >= 11 is 0. The number of esters is 1. The van der Waals surface area contributed by atoms with Crippen molar-refractivity contribution in [2.45, 2.75) is 26.3 Å². The molecule has 5 heteroatoms. The van der Waals surface area contributed by atoms with E-state index in [2.05, 4.69) is 10.3 Å². The lowest BCUT2D eigenvalue weighted by molar-refractivity contribution is -0.125. The van der Waals surface area contributed by atoms with Crippen molar-refractivity contribution in [2.75, 3.05) is 6.61 Å². The van der Waals surface area contributed by atoms with Crippen LogP contribution in [0.1, 0.15) is 41.0 Å². The van der Waals surface area contributed by atoms with Crippen LogP contribution in [0.5, 0.6) is 0 Å². The summed E-state index contributed by atoms with van der Waals surface area (Å²) in [5.41, 5.74) is 3.40. The molecule has 0 saturated heterocycles. The molecule has 2 N–H and O–H groups in total. The minimum Gasteiger partial charge on any atom is -0.451 e. The zero-order valence-corrected chi connectivity index (χ0v) is 14.9. The van der Waals surface area contributed by atoms with Gasteiger partial charge in [-0.05, 0) is 31.0 Å². The van der Waals surface area contributed by atoms with Crippen LogP contribution in [-0.4, -0.2) is 23.5 Å². The lowest BCUT2D eigenvalue weighted by atomic mass is 10.0. The number of H-pyrrole nitrogens is 1. The monoisotopic (exact) mass is 350 g/mol. The van der Waals surface area contributed by atoms with Gasteiger partial charge in [0.2, 0.25) is 0 Å². The van der Waals surface area contributed by atoms with Crippen molar-refractivity contribution in [2.24, 2.45) is 0 Å². The highest BCUT2D eigenvalue weighted by atomic mass is 16.5. The molecular formula is C21H22N2O3. The summed E-state index contributed by atoms with van der Waals surface area (Å²) in [4.78, 5) is 27.3. The summed E-state index contributed by atoms with van der Waals surface area (Å²) in [7, 11) is 0. The third-order valence-electron chi connectivity index (χ3n) is 4.31. The topological polar surface area (TPSA) is 71.2 Å². The summed E-state index contributed by atoms with van der Waals surface area (Å²) < 4.78 is 5.14. The second kappa shape index (κ2) is 7.87. The van der Waals surface area contributed by atoms with E-state index in [9.17, 15) is 9.59 Å². The maximum atomic E-state index is 12.2. The Labute approximate surface area is 152 Å². The number of hydrogen-bond acceptors (Lipinski definition) is 3. The molecule has 3 aromatic rings. The summed E-state index contributed by atoms with van der Waals surface area (Å²) in [5, 5.41) is 3.83. The third kappa shape index (κ3) is 4.11. The van der Waals surface area contributed by atoms with Crippen molar-refractivity contribution in [3.05, 3.63) is 71.4 Å². The van der Waals surface area contributed by atoms with E-state index < -0.39 is 5.97 Å². The smallest absolute Gasteiger partial charge is 0.355 e. The minimum atomic E-state index is -0.542. The molecule has 1 amide bonds. The zero-order valence-electron chi connectivity index (χ0n) is 14.9. The van der Waals surface area contributed by atoms with Crippen molar-refractivity contribution in [3.63, 3.8) is 0 Å². The molecule has 1 aromatic heterocycles. The standard InChI is InChI=1S/C21H22N2O3/c1-3-17(15-10-8-14(2)9-11-15)23-20(24)13-26-21(25)19-12-16-6-4-5-7-18(16)22-19/h4-12,17,22H,3,13H2,1-2H3,(H,23,24)/t17-/m1/s1. The third-order valence-corrected chi connectivity index (χ3v) is 4.31. The van der Waals surface area contributed by atoms with Crippen LogP contribution in [0.2, 0.25) is 0 Å². The van der Waals surface area contributed by atoms with Gasteiger partial charge < -0.3 is 15.0 Å². The molecule has 1 heterocycles. The van der Waals surface area contributed by atoms with Crippen molar-refractivity contribution in [1.29, 1.82) is 0 Å². The molecule has 134 valence electrons. The van der Waals surface area contributed by atoms with Gasteiger partial charge in [-0.15, -0.1) is 0 Å². The van der Waals surface area contributed by atoms with Crippen molar-refractivity contribution in [1.82, 2.24) is 10.3 Å². The average Bonchev–Trinajstić information content (AvgIpc) is 3.09. The summed E-state index contributed by atoms with van der Waals surface area (Å²) in [6.45, 7) is 3.71. The van der Waals surface area contributed by atoms with E-state index in [-0.39, 0.29) is 18.6 Å². The van der Waals surface area contributed by atoms with Gasteiger partial charge in [0, 0.05) is 10.9 Å². The van der Waals surface area contributed by atoms with Gasteiger partial charge in [0.1, 0.15) is 5.69 Å². The van der Waals surface area contributed by atoms with Crippen LogP contribution in [-0.2, 0) is 9.53 Å². The normalized spacial score (nSPS) is 11.9. The average molecular weight is 350 g/mol. The number of aromatic nitrogens is 1. The highest BCUT2D eigenvalue weighted by molar-refractivity contribution is 5.95. The maximum absolute atomic E-state index is 12.2. The fourth-order valence-electron chi connectivity index (χ4n) is 2.85. The number of para-hydroxylation sites is 1. The summed E-state index contributed by atoms with van der Waals surface area (Å²) in [6, 6.07) is 17.2. The largest absolute Gasteiger partial charge is 0.451 e. The number of fused-ring (bicyclic) bond motifs is 1. The van der Waals surface area contributed by atoms with E-state index in [0.29, 0.717) is 5.69 Å². The predicted molar refractivity (Wildman–Crippen MR) is 101 cm³/mol. The van der Waals surface area contributed by atoms with Crippen molar-refractivity contribution >= 4 is 22.8 Å². The van der Waals surface area contributed by atoms with Crippen LogP contribution < -0.4 is 5.32 Å². The Balaban J connectivity index is 1.57. The number of carbonyl (C=O) groups excluding carboxylic acids is 2.